The second-order valence-electron chi connectivity index (χ2n) is 6.85. The Morgan fingerprint density at radius 2 is 2.00 bits per heavy atom. The molecule has 1 amide bonds. The first-order chi connectivity index (χ1) is 9.89. The Kier molecular flexibility index (Phi) is 4.55. The number of pyridine rings is 1. The van der Waals surface area contributed by atoms with Crippen LogP contribution in [-0.2, 0) is 10.2 Å². The molecule has 116 valence electrons. The third kappa shape index (κ3) is 3.36. The maximum Gasteiger partial charge on any atom is 0.223 e. The summed E-state index contributed by atoms with van der Waals surface area (Å²) in [7, 11) is 1.64. The summed E-state index contributed by atoms with van der Waals surface area (Å²) in [6.07, 6.45) is 8.30. The van der Waals surface area contributed by atoms with Crippen LogP contribution < -0.4 is 10.5 Å². The number of amides is 1. The minimum atomic E-state index is -0.515. The Hall–Kier alpha value is -1.58. The molecule has 1 fully saturated rings. The SMILES string of the molecule is COc1ccc(C2(CC(C)(C)C(N)=O)CCCCC2)nc1. The van der Waals surface area contributed by atoms with Crippen molar-refractivity contribution in [1.82, 2.24) is 4.98 Å². The van der Waals surface area contributed by atoms with E-state index in [1.165, 1.54) is 19.3 Å². The second kappa shape index (κ2) is 6.04. The summed E-state index contributed by atoms with van der Waals surface area (Å²) in [5.41, 5.74) is 6.10. The Labute approximate surface area is 127 Å². The van der Waals surface area contributed by atoms with Crippen LogP contribution in [0.15, 0.2) is 18.3 Å². The molecule has 21 heavy (non-hydrogen) atoms. The number of methoxy groups -OCH3 is 1. The normalized spacial score (nSPS) is 18.2. The number of nitrogens with two attached hydrogens (primary N) is 1. The van der Waals surface area contributed by atoms with E-state index in [1.807, 2.05) is 26.0 Å². The van der Waals surface area contributed by atoms with Crippen molar-refractivity contribution in [3.8, 4) is 5.75 Å². The minimum Gasteiger partial charge on any atom is -0.495 e. The Morgan fingerprint density at radius 1 is 1.33 bits per heavy atom. The van der Waals surface area contributed by atoms with Gasteiger partial charge in [-0.3, -0.25) is 9.78 Å². The quantitative estimate of drug-likeness (QED) is 0.905. The van der Waals surface area contributed by atoms with E-state index in [0.717, 1.165) is 30.7 Å². The van der Waals surface area contributed by atoms with Crippen LogP contribution in [0.4, 0.5) is 0 Å². The standard InChI is InChI=1S/C17H26N2O2/c1-16(2,15(18)20)12-17(9-5-4-6-10-17)14-8-7-13(21-3)11-19-14/h7-8,11H,4-6,9-10,12H2,1-3H3,(H2,18,20). The van der Waals surface area contributed by atoms with Crippen molar-refractivity contribution in [3.05, 3.63) is 24.0 Å². The Bertz CT molecular complexity index is 488. The van der Waals surface area contributed by atoms with E-state index in [2.05, 4.69) is 4.98 Å². The summed E-state index contributed by atoms with van der Waals surface area (Å²) in [6.45, 7) is 3.88. The number of primary amides is 1. The van der Waals surface area contributed by atoms with Crippen LogP contribution in [0.5, 0.6) is 5.75 Å². The van der Waals surface area contributed by atoms with E-state index >= 15 is 0 Å². The van der Waals surface area contributed by atoms with Crippen molar-refractivity contribution in [2.75, 3.05) is 7.11 Å². The van der Waals surface area contributed by atoms with E-state index in [1.54, 1.807) is 13.3 Å². The predicted octanol–water partition coefficient (Wildman–Crippen LogP) is 3.19. The molecule has 4 heteroatoms. The highest BCUT2D eigenvalue weighted by Crippen LogP contribution is 2.46. The van der Waals surface area contributed by atoms with Crippen LogP contribution >= 0.6 is 0 Å². The molecule has 1 heterocycles. The van der Waals surface area contributed by atoms with Gasteiger partial charge in [-0.2, -0.15) is 0 Å². The smallest absolute Gasteiger partial charge is 0.223 e. The summed E-state index contributed by atoms with van der Waals surface area (Å²) < 4.78 is 5.19. The van der Waals surface area contributed by atoms with Crippen molar-refractivity contribution in [3.63, 3.8) is 0 Å². The molecular weight excluding hydrogens is 264 g/mol. The van der Waals surface area contributed by atoms with Crippen LogP contribution in [0, 0.1) is 5.41 Å². The first-order valence-electron chi connectivity index (χ1n) is 7.70. The summed E-state index contributed by atoms with van der Waals surface area (Å²) >= 11 is 0. The molecule has 0 spiro atoms. The van der Waals surface area contributed by atoms with Gasteiger partial charge in [0.1, 0.15) is 5.75 Å². The molecule has 2 rings (SSSR count). The van der Waals surface area contributed by atoms with Gasteiger partial charge in [0.05, 0.1) is 13.3 Å². The van der Waals surface area contributed by atoms with Crippen LogP contribution in [0.25, 0.3) is 0 Å². The molecule has 4 nitrogen and oxygen atoms in total. The predicted molar refractivity (Wildman–Crippen MR) is 83.1 cm³/mol. The maximum absolute atomic E-state index is 11.8. The monoisotopic (exact) mass is 290 g/mol. The van der Waals surface area contributed by atoms with Gasteiger partial charge in [-0.1, -0.05) is 33.1 Å². The summed E-state index contributed by atoms with van der Waals surface area (Å²) in [5.74, 6) is 0.528. The van der Waals surface area contributed by atoms with Crippen molar-refractivity contribution < 1.29 is 9.53 Å². The lowest BCUT2D eigenvalue weighted by atomic mass is 9.63. The minimum absolute atomic E-state index is 0.0386. The molecule has 1 aliphatic carbocycles. The van der Waals surface area contributed by atoms with Crippen LogP contribution in [0.2, 0.25) is 0 Å². The zero-order valence-electron chi connectivity index (χ0n) is 13.3. The topological polar surface area (TPSA) is 65.2 Å². The molecule has 0 unspecified atom stereocenters. The number of hydrogen-bond acceptors (Lipinski definition) is 3. The Morgan fingerprint density at radius 3 is 2.48 bits per heavy atom. The van der Waals surface area contributed by atoms with Crippen LogP contribution in [0.3, 0.4) is 0 Å². The van der Waals surface area contributed by atoms with Gasteiger partial charge in [0, 0.05) is 16.5 Å². The highest BCUT2D eigenvalue weighted by Gasteiger charge is 2.42. The van der Waals surface area contributed by atoms with E-state index in [9.17, 15) is 4.79 Å². The molecule has 1 aromatic rings. The lowest BCUT2D eigenvalue weighted by Crippen LogP contribution is -2.41. The first-order valence-corrected chi connectivity index (χ1v) is 7.70. The van der Waals surface area contributed by atoms with Gasteiger partial charge in [-0.05, 0) is 31.4 Å². The third-order valence-corrected chi connectivity index (χ3v) is 4.77. The lowest BCUT2D eigenvalue weighted by molar-refractivity contribution is -0.127. The fraction of sp³-hybridized carbons (Fsp3) is 0.647. The number of hydrogen-bond donors (Lipinski definition) is 1. The molecule has 0 aromatic carbocycles. The second-order valence-corrected chi connectivity index (χ2v) is 6.85. The third-order valence-electron chi connectivity index (χ3n) is 4.77. The molecule has 2 N–H and O–H groups in total. The average Bonchev–Trinajstić information content (AvgIpc) is 2.47. The highest BCUT2D eigenvalue weighted by atomic mass is 16.5. The van der Waals surface area contributed by atoms with Gasteiger partial charge >= 0.3 is 0 Å². The molecule has 1 saturated carbocycles. The fourth-order valence-electron chi connectivity index (χ4n) is 3.50. The van der Waals surface area contributed by atoms with Gasteiger partial charge in [-0.25, -0.2) is 0 Å². The van der Waals surface area contributed by atoms with E-state index in [4.69, 9.17) is 10.5 Å². The van der Waals surface area contributed by atoms with Gasteiger partial charge in [0.2, 0.25) is 5.91 Å². The van der Waals surface area contributed by atoms with E-state index < -0.39 is 5.41 Å². The van der Waals surface area contributed by atoms with E-state index in [0.29, 0.717) is 0 Å². The van der Waals surface area contributed by atoms with Gasteiger partial charge in [0.15, 0.2) is 0 Å². The van der Waals surface area contributed by atoms with Gasteiger partial charge in [-0.15, -0.1) is 0 Å². The van der Waals surface area contributed by atoms with Crippen molar-refractivity contribution >= 4 is 5.91 Å². The highest BCUT2D eigenvalue weighted by molar-refractivity contribution is 5.80. The van der Waals surface area contributed by atoms with Gasteiger partial charge in [0.25, 0.3) is 0 Å². The number of carbonyl (C=O) groups excluding carboxylic acids is 1. The fourth-order valence-corrected chi connectivity index (χ4v) is 3.50. The zero-order chi connectivity index (χ0) is 15.5. The number of nitrogens with zero attached hydrogens (tertiary/aromatic N) is 1. The summed E-state index contributed by atoms with van der Waals surface area (Å²) in [6, 6.07) is 4.00. The Balaban J connectivity index is 2.34. The van der Waals surface area contributed by atoms with Crippen LogP contribution in [0.1, 0.15) is 58.1 Å². The van der Waals surface area contributed by atoms with Gasteiger partial charge < -0.3 is 10.5 Å². The maximum atomic E-state index is 11.8. The molecule has 1 aromatic heterocycles. The lowest BCUT2D eigenvalue weighted by Gasteiger charge is -2.41. The summed E-state index contributed by atoms with van der Waals surface area (Å²) in [4.78, 5) is 16.4. The number of carbonyl (C=O) groups is 1. The number of ether oxygens (including phenoxy) is 1. The number of rotatable bonds is 5. The van der Waals surface area contributed by atoms with Crippen molar-refractivity contribution in [2.24, 2.45) is 11.1 Å². The summed E-state index contributed by atoms with van der Waals surface area (Å²) in [5, 5.41) is 0. The molecule has 0 saturated heterocycles. The van der Waals surface area contributed by atoms with Crippen molar-refractivity contribution in [1.29, 1.82) is 0 Å². The average molecular weight is 290 g/mol. The molecule has 0 aliphatic heterocycles. The zero-order valence-corrected chi connectivity index (χ0v) is 13.3. The van der Waals surface area contributed by atoms with Crippen LogP contribution in [-0.4, -0.2) is 18.0 Å². The first kappa shape index (κ1) is 15.8. The molecule has 0 bridgehead atoms. The number of aromatic nitrogens is 1. The largest absolute Gasteiger partial charge is 0.495 e. The molecular formula is C17H26N2O2. The molecule has 0 radical (unpaired) electrons. The molecule has 0 atom stereocenters. The molecule has 1 aliphatic rings. The van der Waals surface area contributed by atoms with E-state index in [-0.39, 0.29) is 11.3 Å². The van der Waals surface area contributed by atoms with Crippen molar-refractivity contribution in [2.45, 2.75) is 57.8 Å².